The molecule has 0 radical (unpaired) electrons. The molecule has 15 heavy (non-hydrogen) atoms. The minimum absolute atomic E-state index is 0.282. The van der Waals surface area contributed by atoms with Gasteiger partial charge in [0.2, 0.25) is 5.91 Å². The van der Waals surface area contributed by atoms with Crippen LogP contribution in [0.1, 0.15) is 12.0 Å². The molecule has 1 aromatic rings. The molecule has 0 spiro atoms. The maximum absolute atomic E-state index is 12.9. The lowest BCUT2D eigenvalue weighted by Crippen LogP contribution is -2.21. The maximum Gasteiger partial charge on any atom is 0.218 e. The summed E-state index contributed by atoms with van der Waals surface area (Å²) in [7, 11) is 0. The molecule has 1 amide bonds. The molecule has 0 bridgehead atoms. The van der Waals surface area contributed by atoms with Crippen LogP contribution in [0.3, 0.4) is 0 Å². The first kappa shape index (κ1) is 12.1. The summed E-state index contributed by atoms with van der Waals surface area (Å²) in [5, 5.41) is 3.04. The first-order valence-corrected chi connectivity index (χ1v) is 5.32. The highest BCUT2D eigenvalue weighted by atomic mass is 79.9. The molecule has 0 saturated carbocycles. The van der Waals surface area contributed by atoms with Crippen LogP contribution in [0.5, 0.6) is 0 Å². The fourth-order valence-corrected chi connectivity index (χ4v) is 1.52. The molecule has 0 aliphatic heterocycles. The average molecular weight is 275 g/mol. The molecule has 0 atom stereocenters. The van der Waals surface area contributed by atoms with Crippen LogP contribution >= 0.6 is 15.9 Å². The Hall–Kier alpha value is -0.940. The Kier molecular flexibility index (Phi) is 4.71. The summed E-state index contributed by atoms with van der Waals surface area (Å²) in [5.74, 6) is -0.612. The van der Waals surface area contributed by atoms with Crippen LogP contribution in [0.25, 0.3) is 0 Å². The van der Waals surface area contributed by atoms with Gasteiger partial charge in [-0.3, -0.25) is 4.79 Å². The molecule has 0 fully saturated rings. The zero-order chi connectivity index (χ0) is 11.3. The molecule has 1 rings (SSSR count). The van der Waals surface area contributed by atoms with Crippen molar-refractivity contribution >= 4 is 21.8 Å². The molecule has 1 aromatic carbocycles. The van der Waals surface area contributed by atoms with Crippen molar-refractivity contribution < 1.29 is 9.18 Å². The van der Waals surface area contributed by atoms with Crippen molar-refractivity contribution in [2.24, 2.45) is 5.73 Å². The lowest BCUT2D eigenvalue weighted by Gasteiger charge is -2.04. The van der Waals surface area contributed by atoms with Crippen LogP contribution < -0.4 is 11.1 Å². The first-order chi connectivity index (χ1) is 7.09. The number of nitrogens with one attached hydrogen (secondary N) is 1. The van der Waals surface area contributed by atoms with E-state index in [0.717, 1.165) is 5.56 Å². The van der Waals surface area contributed by atoms with Gasteiger partial charge in [-0.25, -0.2) is 4.39 Å². The van der Waals surface area contributed by atoms with E-state index in [1.165, 1.54) is 6.07 Å². The van der Waals surface area contributed by atoms with Gasteiger partial charge in [0.1, 0.15) is 5.82 Å². The Labute approximate surface area is 96.0 Å². The quantitative estimate of drug-likeness (QED) is 0.801. The number of primary amides is 1. The molecule has 0 aliphatic rings. The second-order valence-electron chi connectivity index (χ2n) is 3.14. The highest BCUT2D eigenvalue weighted by Crippen LogP contribution is 2.16. The molecule has 82 valence electrons. The number of halogens is 2. The SMILES string of the molecule is NC(=O)CCNCc1ccc(F)c(Br)c1. The van der Waals surface area contributed by atoms with Crippen molar-refractivity contribution in [2.45, 2.75) is 13.0 Å². The Bertz CT molecular complexity index is 357. The Morgan fingerprint density at radius 2 is 2.27 bits per heavy atom. The van der Waals surface area contributed by atoms with Gasteiger partial charge in [0.05, 0.1) is 4.47 Å². The number of carbonyl (C=O) groups excluding carboxylic acids is 1. The van der Waals surface area contributed by atoms with Gasteiger partial charge >= 0.3 is 0 Å². The summed E-state index contributed by atoms with van der Waals surface area (Å²) in [5.41, 5.74) is 5.93. The van der Waals surface area contributed by atoms with E-state index in [4.69, 9.17) is 5.73 Å². The van der Waals surface area contributed by atoms with E-state index in [2.05, 4.69) is 21.2 Å². The van der Waals surface area contributed by atoms with Crippen molar-refractivity contribution in [1.29, 1.82) is 0 Å². The fraction of sp³-hybridized carbons (Fsp3) is 0.300. The van der Waals surface area contributed by atoms with Crippen molar-refractivity contribution in [3.63, 3.8) is 0 Å². The van der Waals surface area contributed by atoms with E-state index < -0.39 is 0 Å². The molecular weight excluding hydrogens is 263 g/mol. The highest BCUT2D eigenvalue weighted by Gasteiger charge is 2.00. The van der Waals surface area contributed by atoms with Crippen LogP contribution in [-0.2, 0) is 11.3 Å². The minimum Gasteiger partial charge on any atom is -0.370 e. The summed E-state index contributed by atoms with van der Waals surface area (Å²) >= 11 is 3.10. The van der Waals surface area contributed by atoms with Gasteiger partial charge in [0.15, 0.2) is 0 Å². The number of benzene rings is 1. The van der Waals surface area contributed by atoms with Crippen molar-refractivity contribution in [3.8, 4) is 0 Å². The van der Waals surface area contributed by atoms with Gasteiger partial charge < -0.3 is 11.1 Å². The molecule has 0 heterocycles. The van der Waals surface area contributed by atoms with Gasteiger partial charge in [0, 0.05) is 19.5 Å². The van der Waals surface area contributed by atoms with Crippen molar-refractivity contribution in [1.82, 2.24) is 5.32 Å². The first-order valence-electron chi connectivity index (χ1n) is 4.52. The van der Waals surface area contributed by atoms with Gasteiger partial charge in [0.25, 0.3) is 0 Å². The summed E-state index contributed by atoms with van der Waals surface area (Å²) in [6.45, 7) is 1.12. The largest absolute Gasteiger partial charge is 0.370 e. The van der Waals surface area contributed by atoms with Crippen LogP contribution in [0.2, 0.25) is 0 Å². The van der Waals surface area contributed by atoms with E-state index in [-0.39, 0.29) is 11.7 Å². The Balaban J connectivity index is 2.38. The number of amides is 1. The molecule has 0 aliphatic carbocycles. The third-order valence-corrected chi connectivity index (χ3v) is 2.47. The summed E-state index contributed by atoms with van der Waals surface area (Å²) in [6, 6.07) is 4.79. The normalized spacial score (nSPS) is 10.3. The minimum atomic E-state index is -0.331. The zero-order valence-electron chi connectivity index (χ0n) is 8.09. The molecular formula is C10H12BrFN2O. The van der Waals surface area contributed by atoms with E-state index >= 15 is 0 Å². The molecule has 5 heteroatoms. The summed E-state index contributed by atoms with van der Waals surface area (Å²) in [6.07, 6.45) is 0.308. The number of carbonyl (C=O) groups is 1. The van der Waals surface area contributed by atoms with Crippen LogP contribution in [-0.4, -0.2) is 12.5 Å². The van der Waals surface area contributed by atoms with E-state index in [1.807, 2.05) is 0 Å². The van der Waals surface area contributed by atoms with E-state index in [0.29, 0.717) is 24.0 Å². The standard InChI is InChI=1S/C10H12BrFN2O/c11-8-5-7(1-2-9(8)12)6-14-4-3-10(13)15/h1-2,5,14H,3-4,6H2,(H2,13,15). The lowest BCUT2D eigenvalue weighted by molar-refractivity contribution is -0.117. The van der Waals surface area contributed by atoms with Crippen LogP contribution in [0.4, 0.5) is 4.39 Å². The second kappa shape index (κ2) is 5.82. The zero-order valence-corrected chi connectivity index (χ0v) is 9.68. The molecule has 0 aromatic heterocycles. The number of nitrogens with two attached hydrogens (primary N) is 1. The number of hydrogen-bond acceptors (Lipinski definition) is 2. The number of rotatable bonds is 5. The number of hydrogen-bond donors (Lipinski definition) is 2. The van der Waals surface area contributed by atoms with E-state index in [1.54, 1.807) is 12.1 Å². The molecule has 0 unspecified atom stereocenters. The summed E-state index contributed by atoms with van der Waals surface area (Å²) in [4.78, 5) is 10.4. The molecule has 0 saturated heterocycles. The molecule has 3 N–H and O–H groups in total. The van der Waals surface area contributed by atoms with Crippen molar-refractivity contribution in [2.75, 3.05) is 6.54 Å². The monoisotopic (exact) mass is 274 g/mol. The highest BCUT2D eigenvalue weighted by molar-refractivity contribution is 9.10. The van der Waals surface area contributed by atoms with Crippen molar-refractivity contribution in [3.05, 3.63) is 34.1 Å². The lowest BCUT2D eigenvalue weighted by atomic mass is 10.2. The van der Waals surface area contributed by atoms with Gasteiger partial charge in [-0.1, -0.05) is 6.07 Å². The average Bonchev–Trinajstić information content (AvgIpc) is 2.18. The van der Waals surface area contributed by atoms with Crippen LogP contribution in [0, 0.1) is 5.82 Å². The second-order valence-corrected chi connectivity index (χ2v) is 4.00. The maximum atomic E-state index is 12.9. The van der Waals surface area contributed by atoms with Crippen LogP contribution in [0.15, 0.2) is 22.7 Å². The Morgan fingerprint density at radius 1 is 1.53 bits per heavy atom. The van der Waals surface area contributed by atoms with Gasteiger partial charge in [-0.05, 0) is 33.6 Å². The summed E-state index contributed by atoms with van der Waals surface area (Å²) < 4.78 is 13.3. The smallest absolute Gasteiger partial charge is 0.218 e. The predicted molar refractivity (Wildman–Crippen MR) is 59.6 cm³/mol. The Morgan fingerprint density at radius 3 is 2.87 bits per heavy atom. The van der Waals surface area contributed by atoms with Gasteiger partial charge in [-0.2, -0.15) is 0 Å². The topological polar surface area (TPSA) is 55.1 Å². The van der Waals surface area contributed by atoms with E-state index in [9.17, 15) is 9.18 Å². The fourth-order valence-electron chi connectivity index (χ4n) is 1.09. The third kappa shape index (κ3) is 4.40. The van der Waals surface area contributed by atoms with Gasteiger partial charge in [-0.15, -0.1) is 0 Å². The predicted octanol–water partition coefficient (Wildman–Crippen LogP) is 1.55. The molecule has 3 nitrogen and oxygen atoms in total. The third-order valence-electron chi connectivity index (χ3n) is 1.86.